The Bertz CT molecular complexity index is 152. The molecule has 0 saturated carbocycles. The van der Waals surface area contributed by atoms with Gasteiger partial charge in [-0.25, -0.2) is 9.59 Å². The molecule has 5 heteroatoms. The van der Waals surface area contributed by atoms with E-state index in [1.807, 2.05) is 0 Å². The van der Waals surface area contributed by atoms with Crippen molar-refractivity contribution in [1.82, 2.24) is 0 Å². The van der Waals surface area contributed by atoms with Crippen molar-refractivity contribution in [2.45, 2.75) is 0 Å². The van der Waals surface area contributed by atoms with E-state index in [9.17, 15) is 9.59 Å². The molecule has 0 spiro atoms. The summed E-state index contributed by atoms with van der Waals surface area (Å²) in [5.41, 5.74) is 0. The number of carbonyl (C=O) groups excluding carboxylic acids is 1. The number of hydrogen-bond acceptors (Lipinski definition) is 3. The molecule has 0 aliphatic carbocycles. The number of hydrogen-bond donors (Lipinski definition) is 1. The standard InChI is InChI=1S/C5H6O4.Sr.2H/c1-9-5(8)3-2-4(6)7;;;/h2-3H,1H3,(H,6,7);;;/b3-2+;;;. The molecule has 0 fully saturated rings. The van der Waals surface area contributed by atoms with E-state index in [0.717, 1.165) is 6.08 Å². The molecule has 0 amide bonds. The third kappa shape index (κ3) is 8.16. The molecular formula is C5H8O4Sr. The molecule has 0 aliphatic rings. The first-order chi connectivity index (χ1) is 4.16. The summed E-state index contributed by atoms with van der Waals surface area (Å²) in [6, 6.07) is 0. The summed E-state index contributed by atoms with van der Waals surface area (Å²) in [6.45, 7) is 0. The van der Waals surface area contributed by atoms with Crippen LogP contribution in [0.15, 0.2) is 12.2 Å². The Morgan fingerprint density at radius 1 is 1.40 bits per heavy atom. The number of carboxylic acids is 1. The zero-order valence-electron chi connectivity index (χ0n) is 4.83. The number of methoxy groups -OCH3 is 1. The number of esters is 1. The van der Waals surface area contributed by atoms with Gasteiger partial charge in [-0.15, -0.1) is 0 Å². The Morgan fingerprint density at radius 2 is 1.90 bits per heavy atom. The third-order valence-electron chi connectivity index (χ3n) is 0.563. The van der Waals surface area contributed by atoms with Gasteiger partial charge in [0.2, 0.25) is 0 Å². The SMILES string of the molecule is COC(=O)/C=C/C(=O)O.[SrH2]. The second-order valence-corrected chi connectivity index (χ2v) is 1.19. The van der Waals surface area contributed by atoms with Crippen LogP contribution in [0.2, 0.25) is 0 Å². The Balaban J connectivity index is 0. The first-order valence-corrected chi connectivity index (χ1v) is 2.15. The van der Waals surface area contributed by atoms with Gasteiger partial charge in [-0.1, -0.05) is 0 Å². The van der Waals surface area contributed by atoms with Gasteiger partial charge in [0.05, 0.1) is 7.11 Å². The van der Waals surface area contributed by atoms with E-state index in [2.05, 4.69) is 4.74 Å². The van der Waals surface area contributed by atoms with Gasteiger partial charge in [0.15, 0.2) is 0 Å². The van der Waals surface area contributed by atoms with Crippen LogP contribution in [0.1, 0.15) is 0 Å². The summed E-state index contributed by atoms with van der Waals surface area (Å²) >= 11 is 0. The maximum absolute atomic E-state index is 10.1. The Kier molecular flexibility index (Phi) is 9.31. The predicted molar refractivity (Wildman–Crippen MR) is 37.3 cm³/mol. The first kappa shape index (κ1) is 12.8. The van der Waals surface area contributed by atoms with Crippen LogP contribution in [0, 0.1) is 0 Å². The summed E-state index contributed by atoms with van der Waals surface area (Å²) < 4.78 is 4.11. The molecule has 0 bridgehead atoms. The molecule has 0 atom stereocenters. The molecule has 0 aromatic rings. The minimum atomic E-state index is -1.17. The minimum absolute atomic E-state index is 0. The van der Waals surface area contributed by atoms with E-state index in [1.165, 1.54) is 7.11 Å². The van der Waals surface area contributed by atoms with Crippen molar-refractivity contribution in [3.8, 4) is 0 Å². The van der Waals surface area contributed by atoms with Crippen LogP contribution in [0.25, 0.3) is 0 Å². The average Bonchev–Trinajstić information content (AvgIpc) is 1.83. The van der Waals surface area contributed by atoms with Crippen LogP contribution in [0.4, 0.5) is 0 Å². The quantitative estimate of drug-likeness (QED) is 0.363. The van der Waals surface area contributed by atoms with Gasteiger partial charge in [-0.2, -0.15) is 0 Å². The molecule has 4 nitrogen and oxygen atoms in total. The summed E-state index contributed by atoms with van der Waals surface area (Å²) in [5, 5.41) is 7.96. The van der Waals surface area contributed by atoms with Crippen LogP contribution in [0.5, 0.6) is 0 Å². The van der Waals surface area contributed by atoms with Gasteiger partial charge in [-0.3, -0.25) is 0 Å². The molecule has 1 N–H and O–H groups in total. The van der Waals surface area contributed by atoms with E-state index >= 15 is 0 Å². The van der Waals surface area contributed by atoms with Crippen molar-refractivity contribution < 1.29 is 19.4 Å². The Labute approximate surface area is 95.1 Å². The maximum atomic E-state index is 10.1. The van der Waals surface area contributed by atoms with Crippen molar-refractivity contribution >= 4 is 57.4 Å². The van der Waals surface area contributed by atoms with Gasteiger partial charge in [0.25, 0.3) is 0 Å². The van der Waals surface area contributed by atoms with Crippen molar-refractivity contribution in [3.63, 3.8) is 0 Å². The molecule has 0 unspecified atom stereocenters. The first-order valence-electron chi connectivity index (χ1n) is 2.15. The van der Waals surface area contributed by atoms with E-state index in [0.29, 0.717) is 6.08 Å². The summed E-state index contributed by atoms with van der Waals surface area (Å²) in [6.07, 6.45) is 1.55. The van der Waals surface area contributed by atoms with Gasteiger partial charge in [0, 0.05) is 12.2 Å². The number of ether oxygens (including phenoxy) is 1. The number of aliphatic carboxylic acids is 1. The van der Waals surface area contributed by atoms with Crippen molar-refractivity contribution in [1.29, 1.82) is 0 Å². The Hall–Kier alpha value is 0.161. The fourth-order valence-electron chi connectivity index (χ4n) is 0.207. The molecular weight excluding hydrogens is 212 g/mol. The van der Waals surface area contributed by atoms with Gasteiger partial charge >= 0.3 is 57.4 Å². The monoisotopic (exact) mass is 220 g/mol. The molecule has 0 aromatic carbocycles. The van der Waals surface area contributed by atoms with Crippen molar-refractivity contribution in [2.75, 3.05) is 7.11 Å². The molecule has 0 aliphatic heterocycles. The zero-order valence-corrected chi connectivity index (χ0v) is 4.83. The molecule has 0 rings (SSSR count). The number of rotatable bonds is 2. The summed E-state index contributed by atoms with van der Waals surface area (Å²) in [7, 11) is 1.18. The molecule has 0 saturated heterocycles. The van der Waals surface area contributed by atoms with Crippen LogP contribution < -0.4 is 0 Å². The van der Waals surface area contributed by atoms with Gasteiger partial charge in [-0.05, 0) is 0 Å². The van der Waals surface area contributed by atoms with E-state index in [4.69, 9.17) is 5.11 Å². The van der Waals surface area contributed by atoms with Gasteiger partial charge in [0.1, 0.15) is 0 Å². The second kappa shape index (κ2) is 7.27. The molecule has 54 valence electrons. The molecule has 0 radical (unpaired) electrons. The molecule has 0 aromatic heterocycles. The predicted octanol–water partition coefficient (Wildman–Crippen LogP) is -1.12. The topological polar surface area (TPSA) is 63.6 Å². The van der Waals surface area contributed by atoms with E-state index in [-0.39, 0.29) is 45.5 Å². The third-order valence-corrected chi connectivity index (χ3v) is 0.563. The fourth-order valence-corrected chi connectivity index (χ4v) is 0.207. The summed E-state index contributed by atoms with van der Waals surface area (Å²) in [5.74, 6) is -1.84. The van der Waals surface area contributed by atoms with Crippen LogP contribution in [0.3, 0.4) is 0 Å². The van der Waals surface area contributed by atoms with E-state index < -0.39 is 11.9 Å². The molecule has 10 heavy (non-hydrogen) atoms. The second-order valence-electron chi connectivity index (χ2n) is 1.19. The fraction of sp³-hybridized carbons (Fsp3) is 0.200. The zero-order chi connectivity index (χ0) is 7.28. The number of carboxylic acid groups (broad SMARTS) is 1. The summed E-state index contributed by atoms with van der Waals surface area (Å²) in [4.78, 5) is 19.9. The van der Waals surface area contributed by atoms with Crippen molar-refractivity contribution in [2.24, 2.45) is 0 Å². The Morgan fingerprint density at radius 3 is 2.20 bits per heavy atom. The molecule has 0 heterocycles. The van der Waals surface area contributed by atoms with Gasteiger partial charge < -0.3 is 9.84 Å². The van der Waals surface area contributed by atoms with E-state index in [1.54, 1.807) is 0 Å². The number of carbonyl (C=O) groups is 2. The van der Waals surface area contributed by atoms with Crippen molar-refractivity contribution in [3.05, 3.63) is 12.2 Å². The van der Waals surface area contributed by atoms with Crippen LogP contribution in [-0.2, 0) is 14.3 Å². The average molecular weight is 220 g/mol. The van der Waals surface area contributed by atoms with Crippen LogP contribution >= 0.6 is 0 Å². The van der Waals surface area contributed by atoms with Crippen LogP contribution in [-0.4, -0.2) is 69.6 Å². The normalized spacial score (nSPS) is 8.50.